The van der Waals surface area contributed by atoms with Gasteiger partial charge in [0.25, 0.3) is 0 Å². The van der Waals surface area contributed by atoms with Gasteiger partial charge in [-0.15, -0.1) is 11.3 Å². The minimum absolute atomic E-state index is 0.0247. The van der Waals surface area contributed by atoms with E-state index < -0.39 is 5.54 Å². The molecular formula is C14H17ClN2O2S. The number of piperazine rings is 1. The van der Waals surface area contributed by atoms with Crippen LogP contribution in [0.1, 0.15) is 37.6 Å². The van der Waals surface area contributed by atoms with Crippen molar-refractivity contribution in [3.05, 3.63) is 21.3 Å². The summed E-state index contributed by atoms with van der Waals surface area (Å²) in [7, 11) is 0. The van der Waals surface area contributed by atoms with Crippen molar-refractivity contribution in [2.24, 2.45) is 5.92 Å². The second kappa shape index (κ2) is 4.74. The number of amides is 2. The molecule has 2 fully saturated rings. The number of nitrogens with zero attached hydrogens (tertiary/aromatic N) is 1. The average molecular weight is 313 g/mol. The first-order chi connectivity index (χ1) is 9.41. The van der Waals surface area contributed by atoms with Crippen LogP contribution in [0.15, 0.2) is 12.1 Å². The van der Waals surface area contributed by atoms with Crippen LogP contribution in [0.4, 0.5) is 0 Å². The Kier molecular flexibility index (Phi) is 3.29. The van der Waals surface area contributed by atoms with Crippen LogP contribution in [0.5, 0.6) is 0 Å². The largest absolute Gasteiger partial charge is 0.340 e. The third-order valence-corrected chi connectivity index (χ3v) is 5.69. The maximum absolute atomic E-state index is 12.8. The molecule has 2 unspecified atom stereocenters. The molecule has 1 saturated carbocycles. The smallest absolute Gasteiger partial charge is 0.249 e. The Balaban J connectivity index is 1.88. The van der Waals surface area contributed by atoms with Crippen molar-refractivity contribution in [1.29, 1.82) is 0 Å². The summed E-state index contributed by atoms with van der Waals surface area (Å²) in [4.78, 5) is 27.4. The van der Waals surface area contributed by atoms with Crippen molar-refractivity contribution >= 4 is 34.8 Å². The van der Waals surface area contributed by atoms with E-state index in [1.165, 1.54) is 11.3 Å². The lowest BCUT2D eigenvalue weighted by molar-refractivity contribution is -0.152. The van der Waals surface area contributed by atoms with E-state index in [9.17, 15) is 9.59 Å². The molecule has 0 radical (unpaired) electrons. The van der Waals surface area contributed by atoms with Crippen molar-refractivity contribution in [3.8, 4) is 0 Å². The SMILES string of the molecule is CC(c1ccc(Cl)s1)N1CC(=O)NC(C)(C2CC2)C1=O. The summed E-state index contributed by atoms with van der Waals surface area (Å²) in [5.74, 6) is 0.228. The quantitative estimate of drug-likeness (QED) is 0.932. The van der Waals surface area contributed by atoms with Gasteiger partial charge in [-0.05, 0) is 44.7 Å². The summed E-state index contributed by atoms with van der Waals surface area (Å²) < 4.78 is 0.700. The van der Waals surface area contributed by atoms with E-state index in [4.69, 9.17) is 11.6 Å². The van der Waals surface area contributed by atoms with E-state index in [-0.39, 0.29) is 30.3 Å². The van der Waals surface area contributed by atoms with E-state index in [1.54, 1.807) is 4.90 Å². The Bertz CT molecular complexity index is 569. The van der Waals surface area contributed by atoms with Crippen molar-refractivity contribution in [2.45, 2.75) is 38.3 Å². The Morgan fingerprint density at radius 1 is 1.45 bits per heavy atom. The summed E-state index contributed by atoms with van der Waals surface area (Å²) in [6.07, 6.45) is 2.02. The summed E-state index contributed by atoms with van der Waals surface area (Å²) in [5.41, 5.74) is -0.732. The van der Waals surface area contributed by atoms with Gasteiger partial charge >= 0.3 is 0 Å². The average Bonchev–Trinajstić information content (AvgIpc) is 3.16. The molecule has 1 aromatic heterocycles. The van der Waals surface area contributed by atoms with Gasteiger partial charge in [-0.3, -0.25) is 9.59 Å². The fourth-order valence-electron chi connectivity index (χ4n) is 2.86. The third kappa shape index (κ3) is 2.23. The number of carbonyl (C=O) groups excluding carboxylic acids is 2. The van der Waals surface area contributed by atoms with Crippen LogP contribution >= 0.6 is 22.9 Å². The Labute approximate surface area is 127 Å². The Morgan fingerprint density at radius 3 is 2.70 bits per heavy atom. The van der Waals surface area contributed by atoms with Gasteiger partial charge in [-0.25, -0.2) is 0 Å². The zero-order valence-corrected chi connectivity index (χ0v) is 13.1. The number of carbonyl (C=O) groups is 2. The van der Waals surface area contributed by atoms with Crippen molar-refractivity contribution in [2.75, 3.05) is 6.54 Å². The number of halogens is 1. The highest BCUT2D eigenvalue weighted by Gasteiger charge is 2.53. The summed E-state index contributed by atoms with van der Waals surface area (Å²) >= 11 is 7.42. The molecule has 1 N–H and O–H groups in total. The molecule has 2 amide bonds. The minimum Gasteiger partial charge on any atom is -0.340 e. The molecule has 1 aliphatic carbocycles. The van der Waals surface area contributed by atoms with Gasteiger partial charge in [-0.1, -0.05) is 11.6 Å². The van der Waals surface area contributed by atoms with Gasteiger partial charge in [-0.2, -0.15) is 0 Å². The number of hydrogen-bond donors (Lipinski definition) is 1. The van der Waals surface area contributed by atoms with E-state index in [0.29, 0.717) is 4.34 Å². The maximum atomic E-state index is 12.8. The van der Waals surface area contributed by atoms with E-state index in [2.05, 4.69) is 5.32 Å². The van der Waals surface area contributed by atoms with Gasteiger partial charge in [0.1, 0.15) is 12.1 Å². The lowest BCUT2D eigenvalue weighted by Gasteiger charge is -2.42. The topological polar surface area (TPSA) is 49.4 Å². The standard InChI is InChI=1S/C14H17ClN2O2S/c1-8(10-5-6-11(15)20-10)17-7-12(18)16-14(2,13(17)19)9-3-4-9/h5-6,8-9H,3-4,7H2,1-2H3,(H,16,18). The zero-order valence-electron chi connectivity index (χ0n) is 11.5. The predicted molar refractivity (Wildman–Crippen MR) is 78.7 cm³/mol. The van der Waals surface area contributed by atoms with Crippen LogP contribution in [0.3, 0.4) is 0 Å². The van der Waals surface area contributed by atoms with Crippen LogP contribution in [-0.2, 0) is 9.59 Å². The molecule has 20 heavy (non-hydrogen) atoms. The van der Waals surface area contributed by atoms with E-state index >= 15 is 0 Å². The van der Waals surface area contributed by atoms with E-state index in [1.807, 2.05) is 26.0 Å². The normalized spacial score (nSPS) is 28.4. The van der Waals surface area contributed by atoms with Crippen LogP contribution in [0.25, 0.3) is 0 Å². The van der Waals surface area contributed by atoms with Crippen molar-refractivity contribution in [3.63, 3.8) is 0 Å². The molecule has 4 nitrogen and oxygen atoms in total. The van der Waals surface area contributed by atoms with Crippen LogP contribution in [-0.4, -0.2) is 28.8 Å². The lowest BCUT2D eigenvalue weighted by Crippen LogP contribution is -2.66. The molecule has 1 saturated heterocycles. The molecule has 3 rings (SSSR count). The molecule has 0 aromatic carbocycles. The van der Waals surface area contributed by atoms with Crippen molar-refractivity contribution in [1.82, 2.24) is 10.2 Å². The number of rotatable bonds is 3. The lowest BCUT2D eigenvalue weighted by atomic mass is 9.90. The molecule has 2 heterocycles. The molecule has 6 heteroatoms. The van der Waals surface area contributed by atoms with Crippen molar-refractivity contribution < 1.29 is 9.59 Å². The number of nitrogens with one attached hydrogen (secondary N) is 1. The summed E-state index contributed by atoms with van der Waals surface area (Å²) in [6, 6.07) is 3.63. The summed E-state index contributed by atoms with van der Waals surface area (Å²) in [5, 5.41) is 2.89. The van der Waals surface area contributed by atoms with Crippen LogP contribution in [0, 0.1) is 5.92 Å². The molecule has 2 aliphatic rings. The second-order valence-corrected chi connectivity index (χ2v) is 7.52. The highest BCUT2D eigenvalue weighted by molar-refractivity contribution is 7.16. The fraction of sp³-hybridized carbons (Fsp3) is 0.571. The first-order valence-corrected chi connectivity index (χ1v) is 7.98. The van der Waals surface area contributed by atoms with Gasteiger partial charge in [0, 0.05) is 4.88 Å². The first kappa shape index (κ1) is 13.9. The fourth-order valence-corrected chi connectivity index (χ4v) is 3.99. The van der Waals surface area contributed by atoms with Gasteiger partial charge in [0.15, 0.2) is 0 Å². The maximum Gasteiger partial charge on any atom is 0.249 e. The Hall–Kier alpha value is -1.07. The molecule has 0 spiro atoms. The number of hydrogen-bond acceptors (Lipinski definition) is 3. The second-order valence-electron chi connectivity index (χ2n) is 5.78. The molecule has 0 bridgehead atoms. The monoisotopic (exact) mass is 312 g/mol. The summed E-state index contributed by atoms with van der Waals surface area (Å²) in [6.45, 7) is 3.93. The highest BCUT2D eigenvalue weighted by Crippen LogP contribution is 2.43. The van der Waals surface area contributed by atoms with Crippen LogP contribution in [0.2, 0.25) is 4.34 Å². The highest BCUT2D eigenvalue weighted by atomic mass is 35.5. The van der Waals surface area contributed by atoms with Crippen LogP contribution < -0.4 is 5.32 Å². The molecule has 2 atom stereocenters. The third-order valence-electron chi connectivity index (χ3n) is 4.29. The molecule has 1 aliphatic heterocycles. The first-order valence-electron chi connectivity index (χ1n) is 6.79. The molecule has 1 aromatic rings. The van der Waals surface area contributed by atoms with Gasteiger partial charge in [0.05, 0.1) is 10.4 Å². The zero-order chi connectivity index (χ0) is 14.5. The Morgan fingerprint density at radius 2 is 2.15 bits per heavy atom. The molecular weight excluding hydrogens is 296 g/mol. The number of thiophene rings is 1. The minimum atomic E-state index is -0.732. The molecule has 108 valence electrons. The van der Waals surface area contributed by atoms with Gasteiger partial charge in [0.2, 0.25) is 11.8 Å². The predicted octanol–water partition coefficient (Wildman–Crippen LogP) is 2.59. The van der Waals surface area contributed by atoms with Gasteiger partial charge < -0.3 is 10.2 Å². The van der Waals surface area contributed by atoms with E-state index in [0.717, 1.165) is 17.7 Å².